The van der Waals surface area contributed by atoms with Crippen LogP contribution < -0.4 is 10.4 Å². The SMILES string of the molecule is COC1CN(c2ccc(B3OC(C)(C)C(C)(C)O3)cc2)C1. The standard InChI is InChI=1S/C16H24BNO3/c1-15(2)16(3,4)21-17(20-15)12-6-8-13(9-7-12)18-10-14(11-18)19-5/h6-9,14H,10-11H2,1-5H3. The summed E-state index contributed by atoms with van der Waals surface area (Å²) in [5.74, 6) is 0. The summed E-state index contributed by atoms with van der Waals surface area (Å²) < 4.78 is 17.4. The van der Waals surface area contributed by atoms with Crippen LogP contribution in [-0.2, 0) is 14.0 Å². The van der Waals surface area contributed by atoms with Gasteiger partial charge in [0.25, 0.3) is 0 Å². The molecular weight excluding hydrogens is 265 g/mol. The van der Waals surface area contributed by atoms with Crippen LogP contribution in [0.15, 0.2) is 24.3 Å². The van der Waals surface area contributed by atoms with E-state index in [-0.39, 0.29) is 18.3 Å². The Hall–Kier alpha value is -1.04. The molecule has 0 unspecified atom stereocenters. The molecule has 0 N–H and O–H groups in total. The Morgan fingerprint density at radius 1 is 1.05 bits per heavy atom. The first kappa shape index (κ1) is 14.9. The van der Waals surface area contributed by atoms with Crippen molar-refractivity contribution in [3.8, 4) is 0 Å². The second-order valence-electron chi connectivity index (χ2n) is 6.94. The molecule has 2 fully saturated rings. The molecule has 0 bridgehead atoms. The first-order valence-corrected chi connectivity index (χ1v) is 7.56. The number of hydrogen-bond acceptors (Lipinski definition) is 4. The van der Waals surface area contributed by atoms with Gasteiger partial charge in [0.05, 0.1) is 17.3 Å². The Morgan fingerprint density at radius 3 is 2.05 bits per heavy atom. The van der Waals surface area contributed by atoms with Crippen LogP contribution in [0.25, 0.3) is 0 Å². The number of nitrogens with zero attached hydrogens (tertiary/aromatic N) is 1. The van der Waals surface area contributed by atoms with Gasteiger partial charge in [-0.05, 0) is 45.3 Å². The van der Waals surface area contributed by atoms with Gasteiger partial charge in [-0.3, -0.25) is 0 Å². The third-order valence-electron chi connectivity index (χ3n) is 4.97. The second-order valence-corrected chi connectivity index (χ2v) is 6.94. The highest BCUT2D eigenvalue weighted by Gasteiger charge is 2.51. The molecule has 0 atom stereocenters. The Labute approximate surface area is 127 Å². The molecule has 4 nitrogen and oxygen atoms in total. The summed E-state index contributed by atoms with van der Waals surface area (Å²) in [6.07, 6.45) is 0.368. The first-order valence-electron chi connectivity index (χ1n) is 7.56. The van der Waals surface area contributed by atoms with E-state index in [0.29, 0.717) is 6.10 Å². The highest BCUT2D eigenvalue weighted by Crippen LogP contribution is 2.36. The molecular formula is C16H24BNO3. The molecule has 2 aliphatic rings. The number of anilines is 1. The van der Waals surface area contributed by atoms with Crippen LogP contribution in [0, 0.1) is 0 Å². The molecule has 2 aliphatic heterocycles. The van der Waals surface area contributed by atoms with Gasteiger partial charge in [0.15, 0.2) is 0 Å². The number of benzene rings is 1. The highest BCUT2D eigenvalue weighted by atomic mass is 16.7. The molecule has 1 aromatic rings. The van der Waals surface area contributed by atoms with Crippen molar-refractivity contribution in [1.82, 2.24) is 0 Å². The normalized spacial score (nSPS) is 24.2. The van der Waals surface area contributed by atoms with Gasteiger partial charge in [-0.1, -0.05) is 12.1 Å². The summed E-state index contributed by atoms with van der Waals surface area (Å²) in [7, 11) is 1.48. The quantitative estimate of drug-likeness (QED) is 0.794. The second kappa shape index (κ2) is 5.01. The van der Waals surface area contributed by atoms with Crippen molar-refractivity contribution in [2.75, 3.05) is 25.1 Å². The molecule has 3 rings (SSSR count). The number of ether oxygens (including phenoxy) is 1. The van der Waals surface area contributed by atoms with Gasteiger partial charge in [0.2, 0.25) is 0 Å². The Bertz CT molecular complexity index is 493. The van der Waals surface area contributed by atoms with E-state index in [4.69, 9.17) is 14.0 Å². The van der Waals surface area contributed by atoms with Crippen molar-refractivity contribution in [3.63, 3.8) is 0 Å². The molecule has 0 spiro atoms. The zero-order chi connectivity index (χ0) is 15.3. The molecule has 5 heteroatoms. The third kappa shape index (κ3) is 2.58. The van der Waals surface area contributed by atoms with E-state index in [9.17, 15) is 0 Å². The summed E-state index contributed by atoms with van der Waals surface area (Å²) in [5, 5.41) is 0. The molecule has 0 saturated carbocycles. The van der Waals surface area contributed by atoms with Crippen LogP contribution in [0.4, 0.5) is 5.69 Å². The van der Waals surface area contributed by atoms with Gasteiger partial charge in [-0.25, -0.2) is 0 Å². The van der Waals surface area contributed by atoms with Crippen molar-refractivity contribution >= 4 is 18.3 Å². The molecule has 0 aromatic heterocycles. The number of methoxy groups -OCH3 is 1. The summed E-state index contributed by atoms with van der Waals surface area (Å²) in [6, 6.07) is 8.45. The van der Waals surface area contributed by atoms with Crippen LogP contribution in [-0.4, -0.2) is 44.6 Å². The van der Waals surface area contributed by atoms with Crippen molar-refractivity contribution in [1.29, 1.82) is 0 Å². The lowest BCUT2D eigenvalue weighted by Gasteiger charge is -2.40. The maximum atomic E-state index is 6.07. The predicted molar refractivity (Wildman–Crippen MR) is 85.2 cm³/mol. The van der Waals surface area contributed by atoms with E-state index in [1.165, 1.54) is 5.69 Å². The van der Waals surface area contributed by atoms with Crippen LogP contribution >= 0.6 is 0 Å². The lowest BCUT2D eigenvalue weighted by molar-refractivity contribution is 0.00578. The van der Waals surface area contributed by atoms with Gasteiger partial charge >= 0.3 is 7.12 Å². The van der Waals surface area contributed by atoms with Crippen molar-refractivity contribution in [2.45, 2.75) is 45.0 Å². The van der Waals surface area contributed by atoms with Crippen molar-refractivity contribution in [3.05, 3.63) is 24.3 Å². The maximum absolute atomic E-state index is 6.07. The number of rotatable bonds is 3. The minimum atomic E-state index is -0.292. The van der Waals surface area contributed by atoms with Crippen LogP contribution in [0.1, 0.15) is 27.7 Å². The number of hydrogen-bond donors (Lipinski definition) is 0. The average molecular weight is 289 g/mol. The molecule has 2 heterocycles. The largest absolute Gasteiger partial charge is 0.494 e. The van der Waals surface area contributed by atoms with Crippen molar-refractivity contribution in [2.24, 2.45) is 0 Å². The van der Waals surface area contributed by atoms with Gasteiger partial charge in [0.1, 0.15) is 0 Å². The molecule has 114 valence electrons. The maximum Gasteiger partial charge on any atom is 0.494 e. The summed E-state index contributed by atoms with van der Waals surface area (Å²) in [5.41, 5.74) is 1.71. The third-order valence-corrected chi connectivity index (χ3v) is 4.97. The first-order chi connectivity index (χ1) is 9.82. The van der Waals surface area contributed by atoms with E-state index >= 15 is 0 Å². The molecule has 0 aliphatic carbocycles. The van der Waals surface area contributed by atoms with Gasteiger partial charge in [-0.15, -0.1) is 0 Å². The fraction of sp³-hybridized carbons (Fsp3) is 0.625. The lowest BCUT2D eigenvalue weighted by Crippen LogP contribution is -2.52. The molecule has 2 saturated heterocycles. The zero-order valence-electron chi connectivity index (χ0n) is 13.6. The zero-order valence-corrected chi connectivity index (χ0v) is 13.6. The highest BCUT2D eigenvalue weighted by molar-refractivity contribution is 6.62. The summed E-state index contributed by atoms with van der Waals surface area (Å²) in [4.78, 5) is 2.31. The fourth-order valence-electron chi connectivity index (χ4n) is 2.62. The van der Waals surface area contributed by atoms with Crippen LogP contribution in [0.2, 0.25) is 0 Å². The predicted octanol–water partition coefficient (Wildman–Crippen LogP) is 1.82. The van der Waals surface area contributed by atoms with E-state index in [1.807, 2.05) is 0 Å². The minimum absolute atomic E-state index is 0.285. The van der Waals surface area contributed by atoms with E-state index in [0.717, 1.165) is 18.6 Å². The molecule has 21 heavy (non-hydrogen) atoms. The summed E-state index contributed by atoms with van der Waals surface area (Å²) in [6.45, 7) is 10.2. The molecule has 1 aromatic carbocycles. The average Bonchev–Trinajstić information content (AvgIpc) is 2.58. The monoisotopic (exact) mass is 289 g/mol. The van der Waals surface area contributed by atoms with Crippen molar-refractivity contribution < 1.29 is 14.0 Å². The van der Waals surface area contributed by atoms with Gasteiger partial charge in [0, 0.05) is 25.9 Å². The molecule has 0 radical (unpaired) electrons. The Kier molecular flexibility index (Phi) is 3.55. The Balaban J connectivity index is 1.68. The van der Waals surface area contributed by atoms with Crippen LogP contribution in [0.3, 0.4) is 0 Å². The Morgan fingerprint density at radius 2 is 1.57 bits per heavy atom. The topological polar surface area (TPSA) is 30.9 Å². The van der Waals surface area contributed by atoms with E-state index in [1.54, 1.807) is 7.11 Å². The van der Waals surface area contributed by atoms with Crippen LogP contribution in [0.5, 0.6) is 0 Å². The lowest BCUT2D eigenvalue weighted by atomic mass is 9.79. The van der Waals surface area contributed by atoms with E-state index < -0.39 is 0 Å². The molecule has 0 amide bonds. The summed E-state index contributed by atoms with van der Waals surface area (Å²) >= 11 is 0. The minimum Gasteiger partial charge on any atom is -0.399 e. The fourth-order valence-corrected chi connectivity index (χ4v) is 2.62. The van der Waals surface area contributed by atoms with Gasteiger partial charge in [-0.2, -0.15) is 0 Å². The van der Waals surface area contributed by atoms with E-state index in [2.05, 4.69) is 56.9 Å². The smallest absolute Gasteiger partial charge is 0.399 e. The van der Waals surface area contributed by atoms with Gasteiger partial charge < -0.3 is 18.9 Å².